The zero-order chi connectivity index (χ0) is 10.5. The molecule has 0 unspecified atom stereocenters. The van der Waals surface area contributed by atoms with Crippen LogP contribution in [0, 0.1) is 5.92 Å². The van der Waals surface area contributed by atoms with Crippen molar-refractivity contribution in [2.24, 2.45) is 5.92 Å². The molecule has 2 rings (SSSR count). The van der Waals surface area contributed by atoms with Crippen LogP contribution < -0.4 is 0 Å². The van der Waals surface area contributed by atoms with Gasteiger partial charge in [-0.3, -0.25) is 4.79 Å². The van der Waals surface area contributed by atoms with Gasteiger partial charge in [0.25, 0.3) is 0 Å². The minimum Gasteiger partial charge on any atom is -0.343 e. The van der Waals surface area contributed by atoms with E-state index in [2.05, 4.69) is 0 Å². The van der Waals surface area contributed by atoms with Crippen LogP contribution in [0.3, 0.4) is 0 Å². The number of nitrogens with zero attached hydrogens (tertiary/aromatic N) is 1. The van der Waals surface area contributed by atoms with Gasteiger partial charge >= 0.3 is 0 Å². The van der Waals surface area contributed by atoms with Gasteiger partial charge in [-0.05, 0) is 25.2 Å². The van der Waals surface area contributed by atoms with E-state index in [9.17, 15) is 4.79 Å². The largest absolute Gasteiger partial charge is 0.343 e. The van der Waals surface area contributed by atoms with Gasteiger partial charge < -0.3 is 4.90 Å². The van der Waals surface area contributed by atoms with Crippen LogP contribution in [-0.4, -0.2) is 23.9 Å². The number of carbonyl (C=O) groups is 1. The summed E-state index contributed by atoms with van der Waals surface area (Å²) in [5.74, 6) is 1.33. The van der Waals surface area contributed by atoms with Crippen LogP contribution in [0.4, 0.5) is 0 Å². The molecule has 0 aromatic carbocycles. The molecule has 0 atom stereocenters. The first kappa shape index (κ1) is 11.0. The number of rotatable bonds is 4. The van der Waals surface area contributed by atoms with E-state index in [4.69, 9.17) is 0 Å². The Kier molecular flexibility index (Phi) is 4.04. The molecule has 1 aliphatic heterocycles. The number of amides is 1. The first-order valence-electron chi connectivity index (χ1n) is 6.64. The molecular weight excluding hydrogens is 186 g/mol. The molecule has 0 N–H and O–H groups in total. The molecule has 1 heterocycles. The third kappa shape index (κ3) is 3.22. The topological polar surface area (TPSA) is 20.3 Å². The SMILES string of the molecule is O=C(CCCC1CCCCC1)N1CCC1. The van der Waals surface area contributed by atoms with Crippen molar-refractivity contribution in [3.05, 3.63) is 0 Å². The molecule has 2 fully saturated rings. The highest BCUT2D eigenvalue weighted by Gasteiger charge is 2.20. The Labute approximate surface area is 93.0 Å². The lowest BCUT2D eigenvalue weighted by Crippen LogP contribution is -2.41. The van der Waals surface area contributed by atoms with Crippen molar-refractivity contribution in [1.82, 2.24) is 4.90 Å². The molecule has 86 valence electrons. The lowest BCUT2D eigenvalue weighted by molar-refractivity contribution is -0.134. The molecule has 0 bridgehead atoms. The van der Waals surface area contributed by atoms with E-state index in [-0.39, 0.29) is 0 Å². The van der Waals surface area contributed by atoms with E-state index in [1.165, 1.54) is 44.9 Å². The summed E-state index contributed by atoms with van der Waals surface area (Å²) in [5.41, 5.74) is 0. The first-order chi connectivity index (χ1) is 7.36. The van der Waals surface area contributed by atoms with E-state index in [1.54, 1.807) is 0 Å². The maximum Gasteiger partial charge on any atom is 0.222 e. The van der Waals surface area contributed by atoms with Gasteiger partial charge in [0.2, 0.25) is 5.91 Å². The van der Waals surface area contributed by atoms with Crippen LogP contribution in [0.15, 0.2) is 0 Å². The van der Waals surface area contributed by atoms with Gasteiger partial charge in [-0.15, -0.1) is 0 Å². The van der Waals surface area contributed by atoms with Crippen molar-refractivity contribution in [1.29, 1.82) is 0 Å². The number of hydrogen-bond donors (Lipinski definition) is 0. The summed E-state index contributed by atoms with van der Waals surface area (Å²) in [6.07, 6.45) is 11.5. The molecule has 1 amide bonds. The average Bonchev–Trinajstić information content (AvgIpc) is 2.16. The van der Waals surface area contributed by atoms with E-state index in [0.29, 0.717) is 5.91 Å². The molecule has 2 nitrogen and oxygen atoms in total. The maximum atomic E-state index is 11.6. The second-order valence-electron chi connectivity index (χ2n) is 5.13. The molecule has 0 radical (unpaired) electrons. The van der Waals surface area contributed by atoms with Gasteiger partial charge in [-0.25, -0.2) is 0 Å². The van der Waals surface area contributed by atoms with Crippen LogP contribution >= 0.6 is 0 Å². The molecule has 1 aliphatic carbocycles. The third-order valence-electron chi connectivity index (χ3n) is 3.94. The number of carbonyl (C=O) groups excluding carboxylic acids is 1. The smallest absolute Gasteiger partial charge is 0.222 e. The summed E-state index contributed by atoms with van der Waals surface area (Å²) in [5, 5.41) is 0. The summed E-state index contributed by atoms with van der Waals surface area (Å²) in [4.78, 5) is 13.6. The van der Waals surface area contributed by atoms with E-state index in [0.717, 1.165) is 31.8 Å². The zero-order valence-corrected chi connectivity index (χ0v) is 9.71. The molecule has 2 heteroatoms. The van der Waals surface area contributed by atoms with Crippen molar-refractivity contribution < 1.29 is 4.79 Å². The van der Waals surface area contributed by atoms with Crippen LogP contribution in [0.5, 0.6) is 0 Å². The van der Waals surface area contributed by atoms with Crippen LogP contribution in [0.2, 0.25) is 0 Å². The Morgan fingerprint density at radius 1 is 1.07 bits per heavy atom. The highest BCUT2D eigenvalue weighted by atomic mass is 16.2. The Morgan fingerprint density at radius 3 is 2.40 bits per heavy atom. The minimum absolute atomic E-state index is 0.400. The fourth-order valence-corrected chi connectivity index (χ4v) is 2.74. The Bertz CT molecular complexity index is 205. The predicted octanol–water partition coefficient (Wildman–Crippen LogP) is 2.97. The molecule has 0 aromatic heterocycles. The summed E-state index contributed by atoms with van der Waals surface area (Å²) >= 11 is 0. The van der Waals surface area contributed by atoms with E-state index >= 15 is 0 Å². The average molecular weight is 209 g/mol. The van der Waals surface area contributed by atoms with Crippen LogP contribution in [0.25, 0.3) is 0 Å². The number of likely N-dealkylation sites (tertiary alicyclic amines) is 1. The van der Waals surface area contributed by atoms with Gasteiger partial charge in [0, 0.05) is 19.5 Å². The van der Waals surface area contributed by atoms with Crippen molar-refractivity contribution in [2.45, 2.75) is 57.8 Å². The van der Waals surface area contributed by atoms with E-state index in [1.807, 2.05) is 4.90 Å². The third-order valence-corrected chi connectivity index (χ3v) is 3.94. The van der Waals surface area contributed by atoms with Crippen molar-refractivity contribution in [3.63, 3.8) is 0 Å². The molecule has 15 heavy (non-hydrogen) atoms. The standard InChI is InChI=1S/C13H23NO/c15-13(14-10-5-11-14)9-4-8-12-6-2-1-3-7-12/h12H,1-11H2. The molecule has 2 aliphatic rings. The van der Waals surface area contributed by atoms with Crippen LogP contribution in [0.1, 0.15) is 57.8 Å². The summed E-state index contributed by atoms with van der Waals surface area (Å²) in [7, 11) is 0. The van der Waals surface area contributed by atoms with Crippen molar-refractivity contribution in [2.75, 3.05) is 13.1 Å². The fourth-order valence-electron chi connectivity index (χ4n) is 2.74. The van der Waals surface area contributed by atoms with Gasteiger partial charge in [0.05, 0.1) is 0 Å². The molecule has 1 saturated carbocycles. The molecule has 1 saturated heterocycles. The fraction of sp³-hybridized carbons (Fsp3) is 0.923. The highest BCUT2D eigenvalue weighted by molar-refractivity contribution is 5.76. The van der Waals surface area contributed by atoms with Gasteiger partial charge in [0.15, 0.2) is 0 Å². The van der Waals surface area contributed by atoms with Crippen molar-refractivity contribution >= 4 is 5.91 Å². The predicted molar refractivity (Wildman–Crippen MR) is 61.6 cm³/mol. The van der Waals surface area contributed by atoms with Gasteiger partial charge in [-0.1, -0.05) is 32.1 Å². The Balaban J connectivity index is 1.55. The maximum absolute atomic E-state index is 11.6. The number of hydrogen-bond acceptors (Lipinski definition) is 1. The lowest BCUT2D eigenvalue weighted by atomic mass is 9.86. The van der Waals surface area contributed by atoms with Crippen molar-refractivity contribution in [3.8, 4) is 0 Å². The van der Waals surface area contributed by atoms with E-state index < -0.39 is 0 Å². The second kappa shape index (κ2) is 5.53. The minimum atomic E-state index is 0.400. The lowest BCUT2D eigenvalue weighted by Gasteiger charge is -2.31. The van der Waals surface area contributed by atoms with Gasteiger partial charge in [0.1, 0.15) is 0 Å². The normalized spacial score (nSPS) is 22.5. The van der Waals surface area contributed by atoms with Gasteiger partial charge in [-0.2, -0.15) is 0 Å². The molecule has 0 spiro atoms. The highest BCUT2D eigenvalue weighted by Crippen LogP contribution is 2.27. The quantitative estimate of drug-likeness (QED) is 0.697. The molecule has 0 aromatic rings. The zero-order valence-electron chi connectivity index (χ0n) is 9.71. The second-order valence-corrected chi connectivity index (χ2v) is 5.13. The monoisotopic (exact) mass is 209 g/mol. The summed E-state index contributed by atoms with van der Waals surface area (Å²) in [6, 6.07) is 0. The Hall–Kier alpha value is -0.530. The Morgan fingerprint density at radius 2 is 1.80 bits per heavy atom. The summed E-state index contributed by atoms with van der Waals surface area (Å²) < 4.78 is 0. The summed E-state index contributed by atoms with van der Waals surface area (Å²) in [6.45, 7) is 2.03. The molecular formula is C13H23NO. The first-order valence-corrected chi connectivity index (χ1v) is 6.64. The van der Waals surface area contributed by atoms with Crippen LogP contribution in [-0.2, 0) is 4.79 Å².